The summed E-state index contributed by atoms with van der Waals surface area (Å²) >= 11 is 9.49. The lowest BCUT2D eigenvalue weighted by Crippen LogP contribution is -2.54. The van der Waals surface area contributed by atoms with Gasteiger partial charge in [-0.25, -0.2) is 0 Å². The number of rotatable bonds is 3. The minimum atomic E-state index is -0.509. The fourth-order valence-electron chi connectivity index (χ4n) is 2.53. The summed E-state index contributed by atoms with van der Waals surface area (Å²) in [6.45, 7) is 1.29. The molecule has 2 amide bonds. The second kappa shape index (κ2) is 6.72. The molecule has 0 atom stereocenters. The van der Waals surface area contributed by atoms with E-state index in [1.807, 2.05) is 42.5 Å². The number of amides is 2. The average molecular weight is 394 g/mol. The maximum atomic E-state index is 12.4. The molecule has 2 aromatic rings. The van der Waals surface area contributed by atoms with E-state index in [0.717, 1.165) is 15.7 Å². The van der Waals surface area contributed by atoms with Gasteiger partial charge >= 0.3 is 11.8 Å². The number of hydrogen-bond acceptors (Lipinski definition) is 2. The van der Waals surface area contributed by atoms with E-state index in [1.165, 1.54) is 4.90 Å². The number of benzene rings is 2. The molecule has 0 aliphatic carbocycles. The predicted molar refractivity (Wildman–Crippen MR) is 93.4 cm³/mol. The van der Waals surface area contributed by atoms with Gasteiger partial charge in [-0.1, -0.05) is 45.7 Å². The predicted octanol–water partition coefficient (Wildman–Crippen LogP) is 3.48. The number of anilines is 1. The maximum absolute atomic E-state index is 12.4. The lowest BCUT2D eigenvalue weighted by atomic mass is 10.1. The van der Waals surface area contributed by atoms with Gasteiger partial charge in [0.1, 0.15) is 0 Å². The van der Waals surface area contributed by atoms with Crippen LogP contribution in [-0.2, 0) is 16.1 Å². The van der Waals surface area contributed by atoms with Crippen LogP contribution < -0.4 is 4.90 Å². The molecule has 1 aliphatic rings. The van der Waals surface area contributed by atoms with Crippen LogP contribution in [0.2, 0.25) is 5.02 Å². The van der Waals surface area contributed by atoms with Crippen molar-refractivity contribution in [3.05, 3.63) is 63.6 Å². The van der Waals surface area contributed by atoms with Crippen molar-refractivity contribution in [3.8, 4) is 0 Å². The molecular weight excluding hydrogens is 380 g/mol. The first-order valence-electron chi connectivity index (χ1n) is 7.16. The van der Waals surface area contributed by atoms with Gasteiger partial charge in [-0.05, 0) is 35.9 Å². The Morgan fingerprint density at radius 1 is 0.957 bits per heavy atom. The van der Waals surface area contributed by atoms with Crippen molar-refractivity contribution in [3.63, 3.8) is 0 Å². The van der Waals surface area contributed by atoms with Crippen LogP contribution >= 0.6 is 27.5 Å². The van der Waals surface area contributed by atoms with Gasteiger partial charge in [0.15, 0.2) is 0 Å². The Balaban J connectivity index is 1.75. The van der Waals surface area contributed by atoms with Crippen molar-refractivity contribution >= 4 is 45.0 Å². The first-order valence-corrected chi connectivity index (χ1v) is 8.33. The monoisotopic (exact) mass is 392 g/mol. The van der Waals surface area contributed by atoms with E-state index in [4.69, 9.17) is 11.6 Å². The minimum Gasteiger partial charge on any atom is -0.328 e. The molecule has 0 aromatic heterocycles. The zero-order valence-corrected chi connectivity index (χ0v) is 14.5. The SMILES string of the molecule is O=C1C(=O)N(c2ccc(Br)cc2)CCN1Cc1ccccc1Cl. The fraction of sp³-hybridized carbons (Fsp3) is 0.176. The zero-order valence-electron chi connectivity index (χ0n) is 12.2. The van der Waals surface area contributed by atoms with Crippen molar-refractivity contribution in [2.24, 2.45) is 0 Å². The normalized spacial score (nSPS) is 15.2. The van der Waals surface area contributed by atoms with Gasteiger partial charge in [0.25, 0.3) is 0 Å². The Bertz CT molecular complexity index is 749. The molecule has 118 valence electrons. The van der Waals surface area contributed by atoms with Gasteiger partial charge in [-0.15, -0.1) is 0 Å². The third-order valence-electron chi connectivity index (χ3n) is 3.77. The smallest absolute Gasteiger partial charge is 0.316 e. The van der Waals surface area contributed by atoms with Crippen LogP contribution in [0.4, 0.5) is 5.69 Å². The second-order valence-electron chi connectivity index (χ2n) is 5.25. The Labute approximate surface area is 147 Å². The zero-order chi connectivity index (χ0) is 16.4. The van der Waals surface area contributed by atoms with E-state index in [9.17, 15) is 9.59 Å². The number of nitrogens with zero attached hydrogens (tertiary/aromatic N) is 2. The summed E-state index contributed by atoms with van der Waals surface area (Å²) in [6, 6.07) is 14.7. The van der Waals surface area contributed by atoms with Crippen molar-refractivity contribution in [1.29, 1.82) is 0 Å². The Morgan fingerprint density at radius 2 is 1.65 bits per heavy atom. The molecule has 0 saturated carbocycles. The highest BCUT2D eigenvalue weighted by atomic mass is 79.9. The summed E-state index contributed by atoms with van der Waals surface area (Å²) in [5, 5.41) is 0.600. The molecule has 3 rings (SSSR count). The highest BCUT2D eigenvalue weighted by Crippen LogP contribution is 2.23. The summed E-state index contributed by atoms with van der Waals surface area (Å²) in [6.07, 6.45) is 0. The van der Waals surface area contributed by atoms with Crippen LogP contribution in [0.5, 0.6) is 0 Å². The summed E-state index contributed by atoms with van der Waals surface area (Å²) in [7, 11) is 0. The lowest BCUT2D eigenvalue weighted by molar-refractivity contribution is -0.146. The highest BCUT2D eigenvalue weighted by Gasteiger charge is 2.33. The Hall–Kier alpha value is -1.85. The van der Waals surface area contributed by atoms with E-state index in [2.05, 4.69) is 15.9 Å². The van der Waals surface area contributed by atoms with E-state index in [-0.39, 0.29) is 0 Å². The number of halogens is 2. The molecule has 0 N–H and O–H groups in total. The maximum Gasteiger partial charge on any atom is 0.316 e. The summed E-state index contributed by atoms with van der Waals surface area (Å²) in [5.41, 5.74) is 1.57. The van der Waals surface area contributed by atoms with Gasteiger partial charge < -0.3 is 9.80 Å². The van der Waals surface area contributed by atoms with Crippen LogP contribution in [0.3, 0.4) is 0 Å². The Kier molecular flexibility index (Phi) is 4.68. The minimum absolute atomic E-state index is 0.346. The van der Waals surface area contributed by atoms with Crippen molar-refractivity contribution in [2.45, 2.75) is 6.54 Å². The molecular formula is C17H14BrClN2O2. The molecule has 1 heterocycles. The third-order valence-corrected chi connectivity index (χ3v) is 4.66. The van der Waals surface area contributed by atoms with Gasteiger partial charge in [-0.2, -0.15) is 0 Å². The summed E-state index contributed by atoms with van der Waals surface area (Å²) in [4.78, 5) is 27.8. The first-order chi connectivity index (χ1) is 11.1. The van der Waals surface area contributed by atoms with E-state index in [0.29, 0.717) is 24.7 Å². The first kappa shape index (κ1) is 16.0. The van der Waals surface area contributed by atoms with Crippen LogP contribution in [0.25, 0.3) is 0 Å². The van der Waals surface area contributed by atoms with Crippen molar-refractivity contribution in [1.82, 2.24) is 4.90 Å². The van der Waals surface area contributed by atoms with Crippen molar-refractivity contribution in [2.75, 3.05) is 18.0 Å². The van der Waals surface area contributed by atoms with Gasteiger partial charge in [-0.3, -0.25) is 9.59 Å². The van der Waals surface area contributed by atoms with E-state index >= 15 is 0 Å². The fourth-order valence-corrected chi connectivity index (χ4v) is 2.98. The number of carbonyl (C=O) groups is 2. The van der Waals surface area contributed by atoms with E-state index in [1.54, 1.807) is 11.0 Å². The average Bonchev–Trinajstić information content (AvgIpc) is 2.55. The largest absolute Gasteiger partial charge is 0.328 e. The summed E-state index contributed by atoms with van der Waals surface area (Å²) < 4.78 is 0.928. The highest BCUT2D eigenvalue weighted by molar-refractivity contribution is 9.10. The molecule has 0 bridgehead atoms. The van der Waals surface area contributed by atoms with Gasteiger partial charge in [0, 0.05) is 34.8 Å². The third kappa shape index (κ3) is 3.41. The van der Waals surface area contributed by atoms with Crippen LogP contribution in [0.1, 0.15) is 5.56 Å². The van der Waals surface area contributed by atoms with Crippen molar-refractivity contribution < 1.29 is 9.59 Å². The van der Waals surface area contributed by atoms with Crippen LogP contribution in [-0.4, -0.2) is 29.8 Å². The summed E-state index contributed by atoms with van der Waals surface area (Å²) in [5.74, 6) is -1.01. The molecule has 0 radical (unpaired) electrons. The standard InChI is InChI=1S/C17H14BrClN2O2/c18-13-5-7-14(8-6-13)21-10-9-20(16(22)17(21)23)11-12-3-1-2-4-15(12)19/h1-8H,9-11H2. The molecule has 0 unspecified atom stereocenters. The number of carbonyl (C=O) groups excluding carboxylic acids is 2. The lowest BCUT2D eigenvalue weighted by Gasteiger charge is -2.34. The molecule has 1 saturated heterocycles. The Morgan fingerprint density at radius 3 is 2.35 bits per heavy atom. The van der Waals surface area contributed by atoms with Crippen LogP contribution in [0, 0.1) is 0 Å². The molecule has 6 heteroatoms. The van der Waals surface area contributed by atoms with Crippen LogP contribution in [0.15, 0.2) is 53.0 Å². The van der Waals surface area contributed by atoms with Gasteiger partial charge in [0.05, 0.1) is 0 Å². The molecule has 2 aromatic carbocycles. The molecule has 4 nitrogen and oxygen atoms in total. The van der Waals surface area contributed by atoms with Gasteiger partial charge in [0.2, 0.25) is 0 Å². The quantitative estimate of drug-likeness (QED) is 0.749. The topological polar surface area (TPSA) is 40.6 Å². The molecule has 1 fully saturated rings. The van der Waals surface area contributed by atoms with E-state index < -0.39 is 11.8 Å². The second-order valence-corrected chi connectivity index (χ2v) is 6.57. The molecule has 1 aliphatic heterocycles. The number of hydrogen-bond donors (Lipinski definition) is 0. The molecule has 23 heavy (non-hydrogen) atoms. The molecule has 0 spiro atoms. The number of piperazine rings is 1.